The number of carbonyl (C=O) groups is 2. The Morgan fingerprint density at radius 3 is 2.17 bits per heavy atom. The number of nitrogens with one attached hydrogen (secondary N) is 1. The fourth-order valence-corrected chi connectivity index (χ4v) is 2.85. The minimum atomic E-state index is -0.278. The molecular weight excluding hydrogens is 364 g/mol. The molecule has 148 valence electrons. The first-order valence-electron chi connectivity index (χ1n) is 9.45. The molecule has 0 aliphatic heterocycles. The van der Waals surface area contributed by atoms with Crippen LogP contribution in [0.3, 0.4) is 0 Å². The van der Waals surface area contributed by atoms with Gasteiger partial charge >= 0.3 is 0 Å². The highest BCUT2D eigenvalue weighted by Gasteiger charge is 2.15. The molecule has 0 unspecified atom stereocenters. The fourth-order valence-electron chi connectivity index (χ4n) is 2.85. The van der Waals surface area contributed by atoms with E-state index in [-0.39, 0.29) is 17.9 Å². The van der Waals surface area contributed by atoms with Crippen LogP contribution in [0.5, 0.6) is 5.75 Å². The van der Waals surface area contributed by atoms with Crippen molar-refractivity contribution in [2.24, 2.45) is 0 Å². The van der Waals surface area contributed by atoms with Crippen LogP contribution < -0.4 is 15.0 Å². The molecule has 2 amide bonds. The average molecular weight is 388 g/mol. The van der Waals surface area contributed by atoms with Crippen molar-refractivity contribution in [2.75, 3.05) is 17.3 Å². The third kappa shape index (κ3) is 5.23. The molecule has 3 aromatic carbocycles. The van der Waals surface area contributed by atoms with Crippen molar-refractivity contribution in [1.29, 1.82) is 0 Å². The molecule has 0 heterocycles. The maximum absolute atomic E-state index is 12.8. The molecule has 0 aliphatic carbocycles. The molecule has 0 spiro atoms. The lowest BCUT2D eigenvalue weighted by Crippen LogP contribution is -2.26. The largest absolute Gasteiger partial charge is 0.491 e. The molecule has 29 heavy (non-hydrogen) atoms. The van der Waals surface area contributed by atoms with Crippen molar-refractivity contribution in [2.45, 2.75) is 20.0 Å². The van der Waals surface area contributed by atoms with E-state index in [0.717, 1.165) is 11.4 Å². The molecule has 0 bridgehead atoms. The summed E-state index contributed by atoms with van der Waals surface area (Å²) in [6.07, 6.45) is 0.0877. The zero-order chi connectivity index (χ0) is 20.8. The molecule has 5 nitrogen and oxygen atoms in total. The standard InChI is InChI=1S/C24H24N2O3/c1-17(2)29-22-14-12-20(13-15-22)25-23(27)18-8-7-9-19(16-18)24(28)26(3)21-10-5-4-6-11-21/h4-17H,1-3H3,(H,25,27). The van der Waals surface area contributed by atoms with Crippen molar-refractivity contribution in [3.05, 3.63) is 90.0 Å². The van der Waals surface area contributed by atoms with Crippen molar-refractivity contribution >= 4 is 23.2 Å². The van der Waals surface area contributed by atoms with E-state index in [2.05, 4.69) is 5.32 Å². The SMILES string of the molecule is CC(C)Oc1ccc(NC(=O)c2cccc(C(=O)N(C)c3ccccc3)c2)cc1. The lowest BCUT2D eigenvalue weighted by atomic mass is 10.1. The number of ether oxygens (including phenoxy) is 1. The Hall–Kier alpha value is -3.60. The Kier molecular flexibility index (Phi) is 6.29. The number of rotatable bonds is 6. The number of para-hydroxylation sites is 1. The zero-order valence-electron chi connectivity index (χ0n) is 16.8. The number of nitrogens with zero attached hydrogens (tertiary/aromatic N) is 1. The number of anilines is 2. The van der Waals surface area contributed by atoms with Crippen LogP contribution in [0.25, 0.3) is 0 Å². The number of hydrogen-bond acceptors (Lipinski definition) is 3. The Balaban J connectivity index is 1.71. The van der Waals surface area contributed by atoms with Gasteiger partial charge in [-0.1, -0.05) is 24.3 Å². The first kappa shape index (κ1) is 20.1. The Morgan fingerprint density at radius 2 is 1.52 bits per heavy atom. The topological polar surface area (TPSA) is 58.6 Å². The number of amides is 2. The van der Waals surface area contributed by atoms with Gasteiger partial charge in [-0.3, -0.25) is 9.59 Å². The quantitative estimate of drug-likeness (QED) is 0.646. The van der Waals surface area contributed by atoms with Crippen LogP contribution in [0.2, 0.25) is 0 Å². The summed E-state index contributed by atoms with van der Waals surface area (Å²) in [5.41, 5.74) is 2.31. The molecule has 0 aromatic heterocycles. The third-order valence-electron chi connectivity index (χ3n) is 4.30. The Labute approximate surface area is 170 Å². The van der Waals surface area contributed by atoms with Crippen molar-refractivity contribution in [1.82, 2.24) is 0 Å². The van der Waals surface area contributed by atoms with Gasteiger partial charge in [0.15, 0.2) is 0 Å². The molecule has 3 rings (SSSR count). The van der Waals surface area contributed by atoms with Crippen LogP contribution in [0.1, 0.15) is 34.6 Å². The van der Waals surface area contributed by atoms with E-state index in [1.807, 2.05) is 56.3 Å². The van der Waals surface area contributed by atoms with Crippen LogP contribution in [0.4, 0.5) is 11.4 Å². The lowest BCUT2D eigenvalue weighted by Gasteiger charge is -2.17. The van der Waals surface area contributed by atoms with Gasteiger partial charge in [-0.15, -0.1) is 0 Å². The fraction of sp³-hybridized carbons (Fsp3) is 0.167. The second-order valence-corrected chi connectivity index (χ2v) is 6.93. The summed E-state index contributed by atoms with van der Waals surface area (Å²) in [6.45, 7) is 3.92. The van der Waals surface area contributed by atoms with Crippen LogP contribution in [0.15, 0.2) is 78.9 Å². The zero-order valence-corrected chi connectivity index (χ0v) is 16.8. The van der Waals surface area contributed by atoms with Crippen molar-refractivity contribution < 1.29 is 14.3 Å². The van der Waals surface area contributed by atoms with Gasteiger partial charge in [0.05, 0.1) is 6.10 Å². The third-order valence-corrected chi connectivity index (χ3v) is 4.30. The van der Waals surface area contributed by atoms with E-state index in [0.29, 0.717) is 16.8 Å². The lowest BCUT2D eigenvalue weighted by molar-refractivity contribution is 0.0993. The first-order valence-corrected chi connectivity index (χ1v) is 9.45. The Bertz CT molecular complexity index is 983. The maximum Gasteiger partial charge on any atom is 0.258 e. The molecule has 3 aromatic rings. The maximum atomic E-state index is 12.8. The van der Waals surface area contributed by atoms with Crippen molar-refractivity contribution in [3.8, 4) is 5.75 Å². The summed E-state index contributed by atoms with van der Waals surface area (Å²) in [7, 11) is 1.71. The van der Waals surface area contributed by atoms with Gasteiger partial charge in [0, 0.05) is 29.5 Å². The summed E-state index contributed by atoms with van der Waals surface area (Å²) in [5.74, 6) is 0.287. The molecule has 0 saturated carbocycles. The number of hydrogen-bond donors (Lipinski definition) is 1. The van der Waals surface area contributed by atoms with Crippen LogP contribution >= 0.6 is 0 Å². The van der Waals surface area contributed by atoms with Gasteiger partial charge in [-0.2, -0.15) is 0 Å². The molecular formula is C24H24N2O3. The molecule has 0 aliphatic rings. The smallest absolute Gasteiger partial charge is 0.258 e. The van der Waals surface area contributed by atoms with E-state index in [1.165, 1.54) is 0 Å². The molecule has 0 radical (unpaired) electrons. The summed E-state index contributed by atoms with van der Waals surface area (Å²) in [5, 5.41) is 2.85. The minimum absolute atomic E-state index is 0.0877. The van der Waals surface area contributed by atoms with Gasteiger partial charge in [0.1, 0.15) is 5.75 Å². The highest BCUT2D eigenvalue weighted by molar-refractivity contribution is 6.09. The predicted molar refractivity (Wildman–Crippen MR) is 116 cm³/mol. The molecule has 5 heteroatoms. The van der Waals surface area contributed by atoms with Gasteiger partial charge < -0.3 is 15.0 Å². The second-order valence-electron chi connectivity index (χ2n) is 6.93. The molecule has 0 saturated heterocycles. The van der Waals surface area contributed by atoms with Gasteiger partial charge in [-0.05, 0) is 68.4 Å². The summed E-state index contributed by atoms with van der Waals surface area (Å²) >= 11 is 0. The second kappa shape index (κ2) is 9.06. The number of benzene rings is 3. The highest BCUT2D eigenvalue weighted by atomic mass is 16.5. The summed E-state index contributed by atoms with van der Waals surface area (Å²) in [6, 6.07) is 23.3. The predicted octanol–water partition coefficient (Wildman–Crippen LogP) is 5.00. The normalized spacial score (nSPS) is 10.5. The summed E-state index contributed by atoms with van der Waals surface area (Å²) < 4.78 is 5.60. The van der Waals surface area contributed by atoms with Crippen LogP contribution in [0, 0.1) is 0 Å². The van der Waals surface area contributed by atoms with E-state index in [9.17, 15) is 9.59 Å². The van der Waals surface area contributed by atoms with Crippen LogP contribution in [-0.4, -0.2) is 25.0 Å². The van der Waals surface area contributed by atoms with E-state index >= 15 is 0 Å². The number of carbonyl (C=O) groups excluding carboxylic acids is 2. The average Bonchev–Trinajstić information content (AvgIpc) is 2.74. The summed E-state index contributed by atoms with van der Waals surface area (Å²) in [4.78, 5) is 27.0. The molecule has 1 N–H and O–H groups in total. The van der Waals surface area contributed by atoms with Gasteiger partial charge in [0.2, 0.25) is 0 Å². The van der Waals surface area contributed by atoms with E-state index in [1.54, 1.807) is 48.3 Å². The first-order chi connectivity index (χ1) is 13.9. The van der Waals surface area contributed by atoms with E-state index in [4.69, 9.17) is 4.74 Å². The highest BCUT2D eigenvalue weighted by Crippen LogP contribution is 2.19. The Morgan fingerprint density at radius 1 is 0.862 bits per heavy atom. The van der Waals surface area contributed by atoms with Gasteiger partial charge in [0.25, 0.3) is 11.8 Å². The van der Waals surface area contributed by atoms with E-state index < -0.39 is 0 Å². The minimum Gasteiger partial charge on any atom is -0.491 e. The van der Waals surface area contributed by atoms with Gasteiger partial charge in [-0.25, -0.2) is 0 Å². The monoisotopic (exact) mass is 388 g/mol. The molecule has 0 fully saturated rings. The molecule has 0 atom stereocenters. The van der Waals surface area contributed by atoms with Crippen molar-refractivity contribution in [3.63, 3.8) is 0 Å². The van der Waals surface area contributed by atoms with Crippen LogP contribution in [-0.2, 0) is 0 Å².